The molecule has 5 rings (SSSR count). The molecule has 5 aromatic rings. The minimum absolute atomic E-state index is 0.167. The topological polar surface area (TPSA) is 113 Å². The van der Waals surface area contributed by atoms with Gasteiger partial charge in [-0.25, -0.2) is 14.5 Å². The predicted octanol–water partition coefficient (Wildman–Crippen LogP) is 3.87. The molecule has 0 unspecified atom stereocenters. The molecule has 0 aliphatic heterocycles. The standard InChI is InChI=1S/C23H23N7O2/c1-14-8-17(19(11-25-14)32-13-23(2,3)31)15-5-7-30-16(9-15)10-20(29-30)27-21-12-26-18-4-6-24-22(18)28-21/h4-12,31H,13H2,1-3H3,(H2,24,27,28,29). The highest BCUT2D eigenvalue weighted by Gasteiger charge is 2.16. The fourth-order valence-corrected chi connectivity index (χ4v) is 3.38. The first-order valence-corrected chi connectivity index (χ1v) is 10.2. The number of nitrogens with zero attached hydrogens (tertiary/aromatic N) is 5. The van der Waals surface area contributed by atoms with Gasteiger partial charge in [-0.05, 0) is 50.6 Å². The zero-order valence-electron chi connectivity index (χ0n) is 18.0. The Morgan fingerprint density at radius 2 is 2.00 bits per heavy atom. The maximum atomic E-state index is 10.0. The van der Waals surface area contributed by atoms with Crippen LogP contribution in [0.3, 0.4) is 0 Å². The number of ether oxygens (including phenoxy) is 1. The van der Waals surface area contributed by atoms with Crippen molar-refractivity contribution >= 4 is 28.3 Å². The number of aromatic nitrogens is 6. The van der Waals surface area contributed by atoms with Crippen molar-refractivity contribution in [3.8, 4) is 16.9 Å². The Morgan fingerprint density at radius 3 is 2.84 bits per heavy atom. The third kappa shape index (κ3) is 4.10. The van der Waals surface area contributed by atoms with E-state index in [1.54, 1.807) is 37.0 Å². The Balaban J connectivity index is 1.45. The molecule has 0 aromatic carbocycles. The molecule has 0 amide bonds. The largest absolute Gasteiger partial charge is 0.488 e. The molecule has 0 saturated carbocycles. The van der Waals surface area contributed by atoms with E-state index in [4.69, 9.17) is 4.74 Å². The Morgan fingerprint density at radius 1 is 1.12 bits per heavy atom. The Bertz CT molecular complexity index is 1420. The minimum Gasteiger partial charge on any atom is -0.488 e. The van der Waals surface area contributed by atoms with Crippen LogP contribution >= 0.6 is 0 Å². The van der Waals surface area contributed by atoms with E-state index in [2.05, 4.69) is 30.4 Å². The lowest BCUT2D eigenvalue weighted by Gasteiger charge is -2.19. The maximum Gasteiger partial charge on any atom is 0.158 e. The van der Waals surface area contributed by atoms with Crippen molar-refractivity contribution < 1.29 is 9.84 Å². The lowest BCUT2D eigenvalue weighted by atomic mass is 10.1. The van der Waals surface area contributed by atoms with Crippen molar-refractivity contribution in [2.75, 3.05) is 11.9 Å². The molecule has 5 heterocycles. The summed E-state index contributed by atoms with van der Waals surface area (Å²) in [6, 6.07) is 9.79. The van der Waals surface area contributed by atoms with Gasteiger partial charge < -0.3 is 20.1 Å². The highest BCUT2D eigenvalue weighted by atomic mass is 16.5. The monoisotopic (exact) mass is 429 g/mol. The molecule has 0 atom stereocenters. The van der Waals surface area contributed by atoms with Gasteiger partial charge in [-0.1, -0.05) is 0 Å². The van der Waals surface area contributed by atoms with E-state index in [0.29, 0.717) is 23.0 Å². The first kappa shape index (κ1) is 20.0. The van der Waals surface area contributed by atoms with Crippen molar-refractivity contribution in [2.45, 2.75) is 26.4 Å². The number of anilines is 2. The molecule has 0 saturated heterocycles. The van der Waals surface area contributed by atoms with Crippen LogP contribution in [-0.4, -0.2) is 46.9 Å². The summed E-state index contributed by atoms with van der Waals surface area (Å²) in [5.74, 6) is 1.89. The molecule has 0 spiro atoms. The summed E-state index contributed by atoms with van der Waals surface area (Å²) in [5, 5.41) is 17.8. The Kier molecular flexibility index (Phi) is 4.75. The van der Waals surface area contributed by atoms with Crippen LogP contribution in [0.1, 0.15) is 19.5 Å². The van der Waals surface area contributed by atoms with Gasteiger partial charge in [0.05, 0.1) is 23.5 Å². The van der Waals surface area contributed by atoms with Gasteiger partial charge in [-0.3, -0.25) is 4.98 Å². The van der Waals surface area contributed by atoms with Gasteiger partial charge in [0, 0.05) is 29.7 Å². The number of rotatable bonds is 6. The molecule has 0 fully saturated rings. The van der Waals surface area contributed by atoms with Crippen LogP contribution in [0.2, 0.25) is 0 Å². The molecule has 5 aromatic heterocycles. The highest BCUT2D eigenvalue weighted by Crippen LogP contribution is 2.32. The number of aliphatic hydroxyl groups is 1. The van der Waals surface area contributed by atoms with Crippen molar-refractivity contribution in [1.82, 2.24) is 29.5 Å². The van der Waals surface area contributed by atoms with Crippen LogP contribution in [0.5, 0.6) is 5.75 Å². The van der Waals surface area contributed by atoms with E-state index in [-0.39, 0.29) is 6.61 Å². The fourth-order valence-electron chi connectivity index (χ4n) is 3.38. The van der Waals surface area contributed by atoms with Gasteiger partial charge in [0.1, 0.15) is 17.9 Å². The quantitative estimate of drug-likeness (QED) is 0.375. The van der Waals surface area contributed by atoms with E-state index in [9.17, 15) is 5.11 Å². The summed E-state index contributed by atoms with van der Waals surface area (Å²) in [6.45, 7) is 5.52. The zero-order valence-corrected chi connectivity index (χ0v) is 18.0. The molecule has 9 heteroatoms. The predicted molar refractivity (Wildman–Crippen MR) is 122 cm³/mol. The molecular formula is C23H23N7O2. The second-order valence-electron chi connectivity index (χ2n) is 8.33. The summed E-state index contributed by atoms with van der Waals surface area (Å²) >= 11 is 0. The molecule has 32 heavy (non-hydrogen) atoms. The van der Waals surface area contributed by atoms with Gasteiger partial charge in [-0.2, -0.15) is 5.10 Å². The van der Waals surface area contributed by atoms with Crippen molar-refractivity contribution in [2.24, 2.45) is 0 Å². The van der Waals surface area contributed by atoms with Crippen LogP contribution < -0.4 is 10.1 Å². The molecule has 162 valence electrons. The second-order valence-corrected chi connectivity index (χ2v) is 8.33. The number of fused-ring (bicyclic) bond motifs is 2. The van der Waals surface area contributed by atoms with E-state index in [1.165, 1.54) is 0 Å². The fraction of sp³-hybridized carbons (Fsp3) is 0.217. The number of pyridine rings is 2. The third-order valence-electron chi connectivity index (χ3n) is 4.88. The maximum absolute atomic E-state index is 10.0. The number of hydrogen-bond acceptors (Lipinski definition) is 7. The minimum atomic E-state index is -0.940. The Labute approximate surface area is 184 Å². The van der Waals surface area contributed by atoms with Gasteiger partial charge >= 0.3 is 0 Å². The van der Waals surface area contributed by atoms with Crippen molar-refractivity contribution in [3.05, 3.63) is 60.8 Å². The average Bonchev–Trinajstić information content (AvgIpc) is 3.37. The van der Waals surface area contributed by atoms with Crippen molar-refractivity contribution in [1.29, 1.82) is 0 Å². The van der Waals surface area contributed by atoms with Crippen LogP contribution in [-0.2, 0) is 0 Å². The van der Waals surface area contributed by atoms with Crippen molar-refractivity contribution in [3.63, 3.8) is 0 Å². The number of aryl methyl sites for hydroxylation is 1. The lowest BCUT2D eigenvalue weighted by molar-refractivity contribution is 0.0286. The normalized spacial score (nSPS) is 11.9. The molecule has 0 aliphatic carbocycles. The van der Waals surface area contributed by atoms with Crippen LogP contribution in [0.15, 0.2) is 55.1 Å². The number of nitrogens with one attached hydrogen (secondary N) is 2. The highest BCUT2D eigenvalue weighted by molar-refractivity contribution is 5.76. The van der Waals surface area contributed by atoms with E-state index in [1.807, 2.05) is 43.5 Å². The first-order chi connectivity index (χ1) is 15.3. The van der Waals surface area contributed by atoms with Gasteiger partial charge in [0.15, 0.2) is 17.3 Å². The molecular weight excluding hydrogens is 406 g/mol. The summed E-state index contributed by atoms with van der Waals surface area (Å²) in [6.07, 6.45) is 7.07. The number of H-pyrrole nitrogens is 1. The molecule has 0 aliphatic rings. The summed E-state index contributed by atoms with van der Waals surface area (Å²) in [5.41, 5.74) is 4.24. The summed E-state index contributed by atoms with van der Waals surface area (Å²) < 4.78 is 7.66. The molecule has 9 nitrogen and oxygen atoms in total. The van der Waals surface area contributed by atoms with Crippen LogP contribution in [0.4, 0.5) is 11.6 Å². The number of aromatic amines is 1. The Hall–Kier alpha value is -3.98. The van der Waals surface area contributed by atoms with Crippen LogP contribution in [0.25, 0.3) is 27.8 Å². The SMILES string of the molecule is Cc1cc(-c2ccn3nc(Nc4cnc5cc[nH]c5n4)cc3c2)c(OCC(C)(C)O)cn1. The first-order valence-electron chi connectivity index (χ1n) is 10.2. The second kappa shape index (κ2) is 7.61. The van der Waals surface area contributed by atoms with E-state index >= 15 is 0 Å². The number of hydrogen-bond donors (Lipinski definition) is 3. The lowest BCUT2D eigenvalue weighted by Crippen LogP contribution is -2.28. The molecule has 0 radical (unpaired) electrons. The van der Waals surface area contributed by atoms with Gasteiger partial charge in [0.2, 0.25) is 0 Å². The van der Waals surface area contributed by atoms with E-state index in [0.717, 1.165) is 27.9 Å². The third-order valence-corrected chi connectivity index (χ3v) is 4.88. The summed E-state index contributed by atoms with van der Waals surface area (Å²) in [4.78, 5) is 16.3. The van der Waals surface area contributed by atoms with Crippen LogP contribution in [0, 0.1) is 6.92 Å². The smallest absolute Gasteiger partial charge is 0.158 e. The molecule has 3 N–H and O–H groups in total. The zero-order chi connectivity index (χ0) is 22.3. The van der Waals surface area contributed by atoms with Gasteiger partial charge in [0.25, 0.3) is 0 Å². The average molecular weight is 429 g/mol. The molecule has 0 bridgehead atoms. The van der Waals surface area contributed by atoms with E-state index < -0.39 is 5.60 Å². The van der Waals surface area contributed by atoms with Gasteiger partial charge in [-0.15, -0.1) is 0 Å². The summed E-state index contributed by atoms with van der Waals surface area (Å²) in [7, 11) is 0.